The third kappa shape index (κ3) is 4.54. The summed E-state index contributed by atoms with van der Waals surface area (Å²) >= 11 is 0. The van der Waals surface area contributed by atoms with Gasteiger partial charge < -0.3 is 5.32 Å². The van der Waals surface area contributed by atoms with Crippen LogP contribution in [0.2, 0.25) is 0 Å². The van der Waals surface area contributed by atoms with Crippen LogP contribution < -0.4 is 10.8 Å². The molecule has 0 unspecified atom stereocenters. The largest absolute Gasteiger partial charge is 0.350 e. The number of benzene rings is 1. The van der Waals surface area contributed by atoms with Gasteiger partial charge >= 0.3 is 0 Å². The van der Waals surface area contributed by atoms with Gasteiger partial charge in [0.1, 0.15) is 0 Å². The van der Waals surface area contributed by atoms with Crippen LogP contribution in [0.4, 0.5) is 0 Å². The molecule has 6 nitrogen and oxygen atoms in total. The molecule has 1 aromatic carbocycles. The van der Waals surface area contributed by atoms with E-state index in [-0.39, 0.29) is 18.7 Å². The zero-order valence-electron chi connectivity index (χ0n) is 11.5. The number of aromatic nitrogens is 1. The maximum absolute atomic E-state index is 11.6. The minimum Gasteiger partial charge on any atom is -0.350 e. The fraction of sp³-hybridized carbons (Fsp3) is 0.267. The van der Waals surface area contributed by atoms with E-state index in [1.54, 1.807) is 0 Å². The molecule has 0 aliphatic carbocycles. The lowest BCUT2D eigenvalue weighted by Crippen LogP contribution is -2.24. The standard InChI is InChI=1S/C15H17N3O3/c19-14(6-3-7-15(20)18-21)16-10-12-9-8-11-4-1-2-5-13(11)17-12/h1-2,4-5,8-9,21H,3,6-7,10H2,(H,16,19)(H,18,20). The average Bonchev–Trinajstić information content (AvgIpc) is 2.52. The quantitative estimate of drug-likeness (QED) is 0.555. The fourth-order valence-electron chi connectivity index (χ4n) is 1.95. The molecule has 0 aliphatic rings. The van der Waals surface area contributed by atoms with E-state index < -0.39 is 5.91 Å². The van der Waals surface area contributed by atoms with Crippen molar-refractivity contribution < 1.29 is 14.8 Å². The van der Waals surface area contributed by atoms with Crippen molar-refractivity contribution in [3.05, 3.63) is 42.1 Å². The van der Waals surface area contributed by atoms with Crippen molar-refractivity contribution in [2.24, 2.45) is 0 Å². The van der Waals surface area contributed by atoms with Crippen molar-refractivity contribution in [1.82, 2.24) is 15.8 Å². The molecule has 3 N–H and O–H groups in total. The van der Waals surface area contributed by atoms with Crippen molar-refractivity contribution >= 4 is 22.7 Å². The Labute approximate surface area is 122 Å². The number of pyridine rings is 1. The molecule has 0 spiro atoms. The molecule has 2 amide bonds. The van der Waals surface area contributed by atoms with Gasteiger partial charge in [-0.2, -0.15) is 0 Å². The molecule has 2 rings (SSSR count). The highest BCUT2D eigenvalue weighted by atomic mass is 16.5. The van der Waals surface area contributed by atoms with Gasteiger partial charge in [-0.1, -0.05) is 24.3 Å². The minimum absolute atomic E-state index is 0.123. The van der Waals surface area contributed by atoms with Crippen molar-refractivity contribution in [2.75, 3.05) is 0 Å². The Morgan fingerprint density at radius 3 is 2.62 bits per heavy atom. The van der Waals surface area contributed by atoms with E-state index >= 15 is 0 Å². The molecule has 0 saturated heterocycles. The number of hydroxylamine groups is 1. The lowest BCUT2D eigenvalue weighted by atomic mass is 10.2. The van der Waals surface area contributed by atoms with Gasteiger partial charge in [-0.05, 0) is 18.6 Å². The smallest absolute Gasteiger partial charge is 0.243 e. The molecule has 0 fully saturated rings. The van der Waals surface area contributed by atoms with Gasteiger partial charge in [0.15, 0.2) is 0 Å². The Hall–Kier alpha value is -2.47. The first kappa shape index (κ1) is 14.9. The number of carbonyl (C=O) groups is 2. The Morgan fingerprint density at radius 2 is 1.81 bits per heavy atom. The molecule has 0 atom stereocenters. The summed E-state index contributed by atoms with van der Waals surface area (Å²) in [5.74, 6) is -0.630. The molecular formula is C15H17N3O3. The fourth-order valence-corrected chi connectivity index (χ4v) is 1.95. The number of carbonyl (C=O) groups excluding carboxylic acids is 2. The molecule has 6 heteroatoms. The van der Waals surface area contributed by atoms with Gasteiger partial charge in [0.05, 0.1) is 17.8 Å². The first-order chi connectivity index (χ1) is 10.2. The predicted octanol–water partition coefficient (Wildman–Crippen LogP) is 1.53. The Morgan fingerprint density at radius 1 is 1.05 bits per heavy atom. The van der Waals surface area contributed by atoms with Gasteiger partial charge in [0.2, 0.25) is 11.8 Å². The monoisotopic (exact) mass is 287 g/mol. The van der Waals surface area contributed by atoms with Crippen molar-refractivity contribution in [1.29, 1.82) is 0 Å². The number of hydrogen-bond donors (Lipinski definition) is 3. The van der Waals surface area contributed by atoms with Gasteiger partial charge in [-0.15, -0.1) is 0 Å². The summed E-state index contributed by atoms with van der Waals surface area (Å²) in [6.45, 7) is 0.357. The Balaban J connectivity index is 1.81. The molecule has 2 aromatic rings. The third-order valence-corrected chi connectivity index (χ3v) is 3.06. The van der Waals surface area contributed by atoms with Crippen LogP contribution in [0.25, 0.3) is 10.9 Å². The molecule has 0 bridgehead atoms. The van der Waals surface area contributed by atoms with E-state index in [2.05, 4.69) is 10.3 Å². The topological polar surface area (TPSA) is 91.3 Å². The number of amides is 2. The van der Waals surface area contributed by atoms with Gasteiger partial charge in [-0.25, -0.2) is 5.48 Å². The maximum atomic E-state index is 11.6. The van der Waals surface area contributed by atoms with Crippen LogP contribution in [-0.2, 0) is 16.1 Å². The SMILES string of the molecule is O=C(CCCC(=O)NCc1ccc2ccccc2n1)NO. The molecule has 1 heterocycles. The summed E-state index contributed by atoms with van der Waals surface area (Å²) < 4.78 is 0. The minimum atomic E-state index is -0.487. The van der Waals surface area contributed by atoms with E-state index in [0.717, 1.165) is 16.6 Å². The Kier molecular flexibility index (Phi) is 5.22. The van der Waals surface area contributed by atoms with E-state index in [4.69, 9.17) is 5.21 Å². The average molecular weight is 287 g/mol. The summed E-state index contributed by atoms with van der Waals surface area (Å²) in [4.78, 5) is 26.9. The molecule has 110 valence electrons. The second-order valence-corrected chi connectivity index (χ2v) is 4.66. The van der Waals surface area contributed by atoms with Crippen LogP contribution in [0, 0.1) is 0 Å². The van der Waals surface area contributed by atoms with E-state index in [9.17, 15) is 9.59 Å². The number of hydrogen-bond acceptors (Lipinski definition) is 4. The van der Waals surface area contributed by atoms with Crippen LogP contribution in [0.1, 0.15) is 25.0 Å². The number of fused-ring (bicyclic) bond motifs is 1. The van der Waals surface area contributed by atoms with Crippen molar-refractivity contribution in [3.8, 4) is 0 Å². The van der Waals surface area contributed by atoms with Crippen LogP contribution in [0.3, 0.4) is 0 Å². The molecule has 1 aromatic heterocycles. The highest BCUT2D eigenvalue weighted by molar-refractivity contribution is 5.79. The normalized spacial score (nSPS) is 10.3. The number of nitrogens with zero attached hydrogens (tertiary/aromatic N) is 1. The zero-order chi connectivity index (χ0) is 15.1. The van der Waals surface area contributed by atoms with Gasteiger partial charge in [-0.3, -0.25) is 19.8 Å². The molecular weight excluding hydrogens is 270 g/mol. The predicted molar refractivity (Wildman–Crippen MR) is 77.4 cm³/mol. The number of rotatable bonds is 6. The number of para-hydroxylation sites is 1. The van der Waals surface area contributed by atoms with Crippen molar-refractivity contribution in [2.45, 2.75) is 25.8 Å². The third-order valence-electron chi connectivity index (χ3n) is 3.06. The molecule has 21 heavy (non-hydrogen) atoms. The van der Waals surface area contributed by atoms with E-state index in [1.807, 2.05) is 36.4 Å². The van der Waals surface area contributed by atoms with Crippen LogP contribution in [-0.4, -0.2) is 22.0 Å². The molecule has 0 aliphatic heterocycles. The zero-order valence-corrected chi connectivity index (χ0v) is 11.5. The second-order valence-electron chi connectivity index (χ2n) is 4.66. The first-order valence-electron chi connectivity index (χ1n) is 6.73. The summed E-state index contributed by atoms with van der Waals surface area (Å²) in [5, 5.41) is 12.1. The van der Waals surface area contributed by atoms with Crippen molar-refractivity contribution in [3.63, 3.8) is 0 Å². The summed E-state index contributed by atoms with van der Waals surface area (Å²) in [5.41, 5.74) is 3.21. The lowest BCUT2D eigenvalue weighted by molar-refractivity contribution is -0.129. The highest BCUT2D eigenvalue weighted by Crippen LogP contribution is 2.11. The van der Waals surface area contributed by atoms with E-state index in [0.29, 0.717) is 13.0 Å². The second kappa shape index (κ2) is 7.35. The van der Waals surface area contributed by atoms with Crippen LogP contribution in [0.15, 0.2) is 36.4 Å². The summed E-state index contributed by atoms with van der Waals surface area (Å²) in [6.07, 6.45) is 0.753. The summed E-state index contributed by atoms with van der Waals surface area (Å²) in [6, 6.07) is 11.6. The van der Waals surface area contributed by atoms with E-state index in [1.165, 1.54) is 5.48 Å². The van der Waals surface area contributed by atoms with Crippen LogP contribution in [0.5, 0.6) is 0 Å². The van der Waals surface area contributed by atoms with Crippen LogP contribution >= 0.6 is 0 Å². The van der Waals surface area contributed by atoms with Gasteiger partial charge in [0, 0.05) is 18.2 Å². The molecule has 0 saturated carbocycles. The molecule has 0 radical (unpaired) electrons. The lowest BCUT2D eigenvalue weighted by Gasteiger charge is -2.06. The number of nitrogens with one attached hydrogen (secondary N) is 2. The summed E-state index contributed by atoms with van der Waals surface area (Å²) in [7, 11) is 0. The Bertz CT molecular complexity index is 643. The maximum Gasteiger partial charge on any atom is 0.243 e. The first-order valence-corrected chi connectivity index (χ1v) is 6.73. The van der Waals surface area contributed by atoms with Gasteiger partial charge in [0.25, 0.3) is 0 Å². The highest BCUT2D eigenvalue weighted by Gasteiger charge is 2.05.